The number of aromatic nitrogens is 2. The van der Waals surface area contributed by atoms with Crippen LogP contribution in [0.5, 0.6) is 0 Å². The molecular weight excluding hydrogens is 222 g/mol. The Balaban J connectivity index is 1.85. The number of rotatable bonds is 3. The maximum absolute atomic E-state index is 11.8. The average Bonchev–Trinajstić information content (AvgIpc) is 2.37. The molecule has 1 saturated heterocycles. The first-order valence-corrected chi connectivity index (χ1v) is 5.53. The van der Waals surface area contributed by atoms with Crippen molar-refractivity contribution >= 4 is 11.7 Å². The minimum Gasteiger partial charge on any atom is -0.361 e. The summed E-state index contributed by atoms with van der Waals surface area (Å²) in [6.45, 7) is 3.27. The van der Waals surface area contributed by atoms with Crippen LogP contribution in [0.15, 0.2) is 17.2 Å². The number of nitrogens with one attached hydrogen (secondary N) is 3. The molecule has 0 aliphatic carbocycles. The van der Waals surface area contributed by atoms with Gasteiger partial charge in [0, 0.05) is 32.2 Å². The van der Waals surface area contributed by atoms with Gasteiger partial charge >= 0.3 is 0 Å². The molecular formula is C10H15N5O2. The SMILES string of the molecule is O=C(CNc1cc(=O)[nH]cn1)N1CCNCC1. The molecule has 0 atom stereocenters. The molecule has 7 heteroatoms. The van der Waals surface area contributed by atoms with Crippen molar-refractivity contribution in [2.45, 2.75) is 0 Å². The van der Waals surface area contributed by atoms with Gasteiger partial charge < -0.3 is 20.5 Å². The minimum atomic E-state index is -0.239. The zero-order valence-corrected chi connectivity index (χ0v) is 9.40. The molecule has 0 spiro atoms. The second kappa shape index (κ2) is 5.44. The standard InChI is InChI=1S/C10H15N5O2/c16-9-5-8(13-7-14-9)12-6-10(17)15-3-1-11-2-4-15/h5,7,11H,1-4,6H2,(H2,12,13,14,16). The highest BCUT2D eigenvalue weighted by atomic mass is 16.2. The Hall–Kier alpha value is -1.89. The fourth-order valence-electron chi connectivity index (χ4n) is 1.66. The van der Waals surface area contributed by atoms with Gasteiger partial charge in [-0.3, -0.25) is 9.59 Å². The number of carbonyl (C=O) groups excluding carboxylic acids is 1. The number of piperazine rings is 1. The molecule has 3 N–H and O–H groups in total. The van der Waals surface area contributed by atoms with E-state index in [9.17, 15) is 9.59 Å². The quantitative estimate of drug-likeness (QED) is 0.602. The topological polar surface area (TPSA) is 90.1 Å². The fourth-order valence-corrected chi connectivity index (χ4v) is 1.66. The molecule has 0 aromatic carbocycles. The van der Waals surface area contributed by atoms with Crippen LogP contribution in [-0.2, 0) is 4.79 Å². The van der Waals surface area contributed by atoms with Crippen LogP contribution in [0.4, 0.5) is 5.82 Å². The molecule has 17 heavy (non-hydrogen) atoms. The summed E-state index contributed by atoms with van der Waals surface area (Å²) in [7, 11) is 0. The Morgan fingerprint density at radius 2 is 2.24 bits per heavy atom. The number of nitrogens with zero attached hydrogens (tertiary/aromatic N) is 2. The van der Waals surface area contributed by atoms with Crippen molar-refractivity contribution in [3.8, 4) is 0 Å². The number of carbonyl (C=O) groups is 1. The molecule has 92 valence electrons. The molecule has 2 heterocycles. The molecule has 1 aromatic heterocycles. The van der Waals surface area contributed by atoms with Crippen molar-refractivity contribution in [1.29, 1.82) is 0 Å². The van der Waals surface area contributed by atoms with E-state index in [-0.39, 0.29) is 18.0 Å². The lowest BCUT2D eigenvalue weighted by Crippen LogP contribution is -2.48. The molecule has 0 bridgehead atoms. The van der Waals surface area contributed by atoms with E-state index in [2.05, 4.69) is 20.6 Å². The smallest absolute Gasteiger partial charge is 0.252 e. The first-order valence-electron chi connectivity index (χ1n) is 5.53. The third-order valence-electron chi connectivity index (χ3n) is 2.57. The van der Waals surface area contributed by atoms with Gasteiger partial charge in [0.2, 0.25) is 5.91 Å². The number of H-pyrrole nitrogens is 1. The molecule has 0 saturated carbocycles. The largest absolute Gasteiger partial charge is 0.361 e. The lowest BCUT2D eigenvalue weighted by molar-refractivity contribution is -0.129. The maximum Gasteiger partial charge on any atom is 0.252 e. The zero-order chi connectivity index (χ0) is 12.1. The van der Waals surface area contributed by atoms with Crippen molar-refractivity contribution < 1.29 is 4.79 Å². The first kappa shape index (κ1) is 11.6. The molecule has 1 amide bonds. The average molecular weight is 237 g/mol. The number of amides is 1. The Morgan fingerprint density at radius 1 is 1.47 bits per heavy atom. The summed E-state index contributed by atoms with van der Waals surface area (Å²) < 4.78 is 0. The highest BCUT2D eigenvalue weighted by Crippen LogP contribution is 1.97. The van der Waals surface area contributed by atoms with Gasteiger partial charge in [0.05, 0.1) is 12.9 Å². The van der Waals surface area contributed by atoms with Crippen LogP contribution in [0, 0.1) is 0 Å². The predicted molar refractivity (Wildman–Crippen MR) is 62.8 cm³/mol. The van der Waals surface area contributed by atoms with Crippen molar-refractivity contribution in [2.24, 2.45) is 0 Å². The Kier molecular flexibility index (Phi) is 3.71. The molecule has 1 aliphatic rings. The number of aromatic amines is 1. The minimum absolute atomic E-state index is 0.0218. The van der Waals surface area contributed by atoms with Gasteiger partial charge in [-0.1, -0.05) is 0 Å². The third-order valence-corrected chi connectivity index (χ3v) is 2.57. The van der Waals surface area contributed by atoms with Gasteiger partial charge in [-0.05, 0) is 0 Å². The summed E-state index contributed by atoms with van der Waals surface area (Å²) in [4.78, 5) is 30.9. The van der Waals surface area contributed by atoms with E-state index < -0.39 is 0 Å². The van der Waals surface area contributed by atoms with Crippen LogP contribution < -0.4 is 16.2 Å². The maximum atomic E-state index is 11.8. The van der Waals surface area contributed by atoms with E-state index in [1.807, 2.05) is 0 Å². The van der Waals surface area contributed by atoms with Gasteiger partial charge in [0.15, 0.2) is 0 Å². The summed E-state index contributed by atoms with van der Waals surface area (Å²) in [6.07, 6.45) is 1.31. The number of hydrogen-bond acceptors (Lipinski definition) is 5. The molecule has 0 radical (unpaired) electrons. The third kappa shape index (κ3) is 3.28. The van der Waals surface area contributed by atoms with Gasteiger partial charge in [-0.2, -0.15) is 0 Å². The van der Waals surface area contributed by atoms with Crippen molar-refractivity contribution in [1.82, 2.24) is 20.2 Å². The van der Waals surface area contributed by atoms with Gasteiger partial charge in [-0.15, -0.1) is 0 Å². The van der Waals surface area contributed by atoms with Crippen LogP contribution in [0.3, 0.4) is 0 Å². The van der Waals surface area contributed by atoms with E-state index in [1.54, 1.807) is 4.90 Å². The summed E-state index contributed by atoms with van der Waals surface area (Å²) in [5.74, 6) is 0.436. The van der Waals surface area contributed by atoms with Crippen LogP contribution in [0.25, 0.3) is 0 Å². The Labute approximate surface area is 98.2 Å². The predicted octanol–water partition coefficient (Wildman–Crippen LogP) is -1.39. The highest BCUT2D eigenvalue weighted by Gasteiger charge is 2.15. The van der Waals surface area contributed by atoms with Crippen LogP contribution in [-0.4, -0.2) is 53.5 Å². The zero-order valence-electron chi connectivity index (χ0n) is 9.40. The molecule has 0 unspecified atom stereocenters. The van der Waals surface area contributed by atoms with Crippen LogP contribution >= 0.6 is 0 Å². The fraction of sp³-hybridized carbons (Fsp3) is 0.500. The summed E-state index contributed by atoms with van der Waals surface area (Å²) >= 11 is 0. The highest BCUT2D eigenvalue weighted by molar-refractivity contribution is 5.80. The summed E-state index contributed by atoms with van der Waals surface area (Å²) in [5.41, 5.74) is -0.239. The summed E-state index contributed by atoms with van der Waals surface area (Å²) in [5, 5.41) is 6.02. The van der Waals surface area contributed by atoms with Gasteiger partial charge in [-0.25, -0.2) is 4.98 Å². The number of anilines is 1. The van der Waals surface area contributed by atoms with Crippen molar-refractivity contribution in [2.75, 3.05) is 38.0 Å². The molecule has 1 fully saturated rings. The van der Waals surface area contributed by atoms with E-state index in [1.165, 1.54) is 12.4 Å². The summed E-state index contributed by atoms with van der Waals surface area (Å²) in [6, 6.07) is 1.32. The monoisotopic (exact) mass is 237 g/mol. The first-order chi connectivity index (χ1) is 8.25. The van der Waals surface area contributed by atoms with Gasteiger partial charge in [0.25, 0.3) is 5.56 Å². The van der Waals surface area contributed by atoms with E-state index in [4.69, 9.17) is 0 Å². The lowest BCUT2D eigenvalue weighted by Gasteiger charge is -2.27. The molecule has 1 aliphatic heterocycles. The second-order valence-corrected chi connectivity index (χ2v) is 3.78. The van der Waals surface area contributed by atoms with Gasteiger partial charge in [0.1, 0.15) is 5.82 Å². The Morgan fingerprint density at radius 3 is 2.94 bits per heavy atom. The lowest BCUT2D eigenvalue weighted by atomic mass is 10.3. The second-order valence-electron chi connectivity index (χ2n) is 3.78. The van der Waals surface area contributed by atoms with E-state index >= 15 is 0 Å². The molecule has 2 rings (SSSR count). The van der Waals surface area contributed by atoms with Crippen molar-refractivity contribution in [3.63, 3.8) is 0 Å². The molecule has 7 nitrogen and oxygen atoms in total. The number of hydrogen-bond donors (Lipinski definition) is 3. The van der Waals surface area contributed by atoms with E-state index in [0.717, 1.165) is 26.2 Å². The van der Waals surface area contributed by atoms with Crippen LogP contribution in [0.2, 0.25) is 0 Å². The van der Waals surface area contributed by atoms with Crippen molar-refractivity contribution in [3.05, 3.63) is 22.7 Å². The van der Waals surface area contributed by atoms with E-state index in [0.29, 0.717) is 5.82 Å². The van der Waals surface area contributed by atoms with Crippen LogP contribution in [0.1, 0.15) is 0 Å². The molecule has 1 aromatic rings. The normalized spacial score (nSPS) is 15.6. The Bertz CT molecular complexity index is 438.